The van der Waals surface area contributed by atoms with Crippen LogP contribution < -0.4 is 10.1 Å². The molecule has 0 aromatic heterocycles. The fourth-order valence-electron chi connectivity index (χ4n) is 3.25. The van der Waals surface area contributed by atoms with Crippen molar-refractivity contribution in [3.8, 4) is 5.75 Å². The van der Waals surface area contributed by atoms with Gasteiger partial charge >= 0.3 is 0 Å². The zero-order chi connectivity index (χ0) is 20.9. The molecule has 1 N–H and O–H groups in total. The van der Waals surface area contributed by atoms with Crippen molar-refractivity contribution in [3.05, 3.63) is 59.1 Å². The van der Waals surface area contributed by atoms with Crippen molar-refractivity contribution >= 4 is 27.5 Å². The number of sulfonamides is 1. The number of amides is 1. The molecule has 1 fully saturated rings. The number of benzene rings is 2. The number of rotatable bonds is 7. The van der Waals surface area contributed by atoms with Gasteiger partial charge in [0.2, 0.25) is 15.9 Å². The quantitative estimate of drug-likeness (QED) is 0.676. The van der Waals surface area contributed by atoms with Gasteiger partial charge in [-0.1, -0.05) is 29.3 Å². The van der Waals surface area contributed by atoms with E-state index in [0.717, 1.165) is 11.3 Å². The van der Waals surface area contributed by atoms with E-state index in [9.17, 15) is 13.2 Å². The first-order valence-corrected chi connectivity index (χ1v) is 11.4. The molecule has 0 bridgehead atoms. The summed E-state index contributed by atoms with van der Waals surface area (Å²) in [4.78, 5) is 12.7. The van der Waals surface area contributed by atoms with E-state index in [0.29, 0.717) is 37.6 Å². The van der Waals surface area contributed by atoms with E-state index in [2.05, 4.69) is 5.32 Å². The van der Waals surface area contributed by atoms with Gasteiger partial charge in [-0.15, -0.1) is 0 Å². The highest BCUT2D eigenvalue weighted by atomic mass is 35.5. The molecule has 1 aliphatic heterocycles. The molecule has 1 saturated heterocycles. The van der Waals surface area contributed by atoms with Crippen LogP contribution in [-0.4, -0.2) is 44.9 Å². The van der Waals surface area contributed by atoms with Crippen LogP contribution in [0.15, 0.2) is 53.4 Å². The average molecular weight is 437 g/mol. The lowest BCUT2D eigenvalue weighted by Crippen LogP contribution is -2.45. The van der Waals surface area contributed by atoms with Crippen LogP contribution in [0.2, 0.25) is 5.02 Å². The zero-order valence-electron chi connectivity index (χ0n) is 16.3. The maximum absolute atomic E-state index is 12.8. The monoisotopic (exact) mass is 436 g/mol. The van der Waals surface area contributed by atoms with E-state index < -0.39 is 10.0 Å². The lowest BCUT2D eigenvalue weighted by Gasteiger charge is -2.31. The van der Waals surface area contributed by atoms with Crippen LogP contribution in [0.1, 0.15) is 18.4 Å². The van der Waals surface area contributed by atoms with Gasteiger partial charge in [0.15, 0.2) is 0 Å². The molecule has 1 aliphatic rings. The Kier molecular flexibility index (Phi) is 7.16. The summed E-state index contributed by atoms with van der Waals surface area (Å²) < 4.78 is 32.7. The third-order valence-electron chi connectivity index (χ3n) is 4.90. The van der Waals surface area contributed by atoms with Crippen LogP contribution >= 0.6 is 11.6 Å². The number of halogens is 1. The van der Waals surface area contributed by atoms with Crippen molar-refractivity contribution in [3.63, 3.8) is 0 Å². The largest absolute Gasteiger partial charge is 0.492 e. The van der Waals surface area contributed by atoms with E-state index in [4.69, 9.17) is 16.3 Å². The van der Waals surface area contributed by atoms with E-state index in [1.807, 2.05) is 31.2 Å². The molecule has 1 amide bonds. The number of nitrogens with zero attached hydrogens (tertiary/aromatic N) is 1. The molecule has 0 aliphatic carbocycles. The second-order valence-electron chi connectivity index (χ2n) is 7.11. The molecule has 0 spiro atoms. The minimum atomic E-state index is -3.64. The predicted octanol–water partition coefficient (Wildman–Crippen LogP) is 3.24. The Morgan fingerprint density at radius 1 is 1.17 bits per heavy atom. The summed E-state index contributed by atoms with van der Waals surface area (Å²) in [5, 5.41) is 3.33. The number of hydrogen-bond acceptors (Lipinski definition) is 4. The first kappa shape index (κ1) is 21.6. The molecule has 1 atom stereocenters. The fourth-order valence-corrected chi connectivity index (χ4v) is 4.90. The first-order chi connectivity index (χ1) is 13.9. The molecule has 29 heavy (non-hydrogen) atoms. The number of hydrogen-bond donors (Lipinski definition) is 1. The highest BCUT2D eigenvalue weighted by Crippen LogP contribution is 2.24. The van der Waals surface area contributed by atoms with Gasteiger partial charge in [0.25, 0.3) is 0 Å². The number of nitrogens with one attached hydrogen (secondary N) is 1. The van der Waals surface area contributed by atoms with Gasteiger partial charge in [-0.3, -0.25) is 4.79 Å². The van der Waals surface area contributed by atoms with Crippen LogP contribution in [0.3, 0.4) is 0 Å². The number of carbonyl (C=O) groups is 1. The summed E-state index contributed by atoms with van der Waals surface area (Å²) in [5.74, 6) is 0.237. The highest BCUT2D eigenvalue weighted by Gasteiger charge is 2.33. The van der Waals surface area contributed by atoms with Gasteiger partial charge in [0, 0.05) is 18.1 Å². The molecule has 0 saturated carbocycles. The van der Waals surface area contributed by atoms with Gasteiger partial charge in [0.05, 0.1) is 17.4 Å². The second-order valence-corrected chi connectivity index (χ2v) is 9.48. The van der Waals surface area contributed by atoms with E-state index >= 15 is 0 Å². The third-order valence-corrected chi connectivity index (χ3v) is 7.03. The molecule has 2 aromatic rings. The first-order valence-electron chi connectivity index (χ1n) is 9.59. The predicted molar refractivity (Wildman–Crippen MR) is 113 cm³/mol. The van der Waals surface area contributed by atoms with Gasteiger partial charge in [0.1, 0.15) is 12.4 Å². The fraction of sp³-hybridized carbons (Fsp3) is 0.381. The van der Waals surface area contributed by atoms with Crippen molar-refractivity contribution < 1.29 is 17.9 Å². The van der Waals surface area contributed by atoms with Crippen LogP contribution in [0, 0.1) is 12.8 Å². The van der Waals surface area contributed by atoms with Crippen molar-refractivity contribution in [2.75, 3.05) is 26.2 Å². The summed E-state index contributed by atoms with van der Waals surface area (Å²) in [5.41, 5.74) is 1.15. The molecular weight excluding hydrogens is 412 g/mol. The second kappa shape index (κ2) is 9.61. The summed E-state index contributed by atoms with van der Waals surface area (Å²) >= 11 is 5.85. The van der Waals surface area contributed by atoms with E-state index in [-0.39, 0.29) is 23.3 Å². The molecular formula is C21H25ClN2O4S. The van der Waals surface area contributed by atoms with E-state index in [1.54, 1.807) is 12.1 Å². The standard InChI is InChI=1S/C21H25ClN2O4S/c1-16-4-8-19(9-5-16)28-14-12-23-21(25)17-3-2-13-24(15-17)29(26,27)20-10-6-18(22)7-11-20/h4-11,17H,2-3,12-15H2,1H3,(H,23,25)/t17-/m1/s1. The topological polar surface area (TPSA) is 75.7 Å². The Labute approximate surface area is 176 Å². The van der Waals surface area contributed by atoms with Crippen LogP contribution in [-0.2, 0) is 14.8 Å². The highest BCUT2D eigenvalue weighted by molar-refractivity contribution is 7.89. The molecule has 6 nitrogen and oxygen atoms in total. The minimum absolute atomic E-state index is 0.145. The van der Waals surface area contributed by atoms with E-state index in [1.165, 1.54) is 16.4 Å². The number of aryl methyl sites for hydroxylation is 1. The summed E-state index contributed by atoms with van der Waals surface area (Å²) in [6.45, 7) is 3.31. The average Bonchev–Trinajstić information content (AvgIpc) is 2.73. The maximum Gasteiger partial charge on any atom is 0.243 e. The summed E-state index contributed by atoms with van der Waals surface area (Å²) in [6.07, 6.45) is 1.31. The summed E-state index contributed by atoms with van der Waals surface area (Å²) in [6, 6.07) is 13.8. The molecule has 3 rings (SSSR count). The number of ether oxygens (including phenoxy) is 1. The zero-order valence-corrected chi connectivity index (χ0v) is 17.9. The Morgan fingerprint density at radius 3 is 2.55 bits per heavy atom. The number of piperidine rings is 1. The molecule has 0 radical (unpaired) electrons. The van der Waals surface area contributed by atoms with Crippen molar-refractivity contribution in [2.45, 2.75) is 24.7 Å². The van der Waals surface area contributed by atoms with Crippen molar-refractivity contribution in [2.24, 2.45) is 5.92 Å². The van der Waals surface area contributed by atoms with Gasteiger partial charge in [-0.25, -0.2) is 8.42 Å². The Hall–Kier alpha value is -2.09. The molecule has 156 valence electrons. The molecule has 2 aromatic carbocycles. The lowest BCUT2D eigenvalue weighted by molar-refractivity contribution is -0.126. The third kappa shape index (κ3) is 5.72. The Balaban J connectivity index is 1.51. The van der Waals surface area contributed by atoms with Gasteiger partial charge in [-0.2, -0.15) is 4.31 Å². The van der Waals surface area contributed by atoms with Crippen molar-refractivity contribution in [1.29, 1.82) is 0 Å². The van der Waals surface area contributed by atoms with Crippen molar-refractivity contribution in [1.82, 2.24) is 9.62 Å². The summed E-state index contributed by atoms with van der Waals surface area (Å²) in [7, 11) is -3.64. The van der Waals surface area contributed by atoms with Crippen LogP contribution in [0.25, 0.3) is 0 Å². The SMILES string of the molecule is Cc1ccc(OCCNC(=O)[C@@H]2CCCN(S(=O)(=O)c3ccc(Cl)cc3)C2)cc1. The normalized spacial score (nSPS) is 17.7. The van der Waals surface area contributed by atoms with Gasteiger partial charge in [-0.05, 0) is 56.2 Å². The molecule has 0 unspecified atom stereocenters. The molecule has 8 heteroatoms. The Bertz CT molecular complexity index is 930. The van der Waals surface area contributed by atoms with Crippen LogP contribution in [0.5, 0.6) is 5.75 Å². The maximum atomic E-state index is 12.8. The van der Waals surface area contributed by atoms with Gasteiger partial charge < -0.3 is 10.1 Å². The molecule has 1 heterocycles. The Morgan fingerprint density at radius 2 is 1.86 bits per heavy atom. The number of carbonyl (C=O) groups excluding carboxylic acids is 1. The smallest absolute Gasteiger partial charge is 0.243 e. The minimum Gasteiger partial charge on any atom is -0.492 e. The lowest BCUT2D eigenvalue weighted by atomic mass is 9.99. The van der Waals surface area contributed by atoms with Crippen LogP contribution in [0.4, 0.5) is 0 Å².